The average molecular weight is 316 g/mol. The number of nitrogens with two attached hydrogens (primary N) is 1. The van der Waals surface area contributed by atoms with Crippen LogP contribution in [0.15, 0.2) is 24.3 Å². The average Bonchev–Trinajstić information content (AvgIpc) is 2.43. The minimum absolute atomic E-state index is 0. The third-order valence-electron chi connectivity index (χ3n) is 2.77. The molecule has 0 aliphatic rings. The fraction of sp³-hybridized carbons (Fsp3) is 0.429. The molecule has 0 radical (unpaired) electrons. The Morgan fingerprint density at radius 3 is 2.38 bits per heavy atom. The molecule has 21 heavy (non-hydrogen) atoms. The van der Waals surface area contributed by atoms with Crippen LogP contribution in [0.3, 0.4) is 0 Å². The molecule has 6 nitrogen and oxygen atoms in total. The second-order valence-corrected chi connectivity index (χ2v) is 4.45. The zero-order chi connectivity index (χ0) is 15.0. The minimum atomic E-state index is -0.253. The maximum absolute atomic E-state index is 11.7. The Morgan fingerprint density at radius 2 is 1.90 bits per heavy atom. The number of methoxy groups -OCH3 is 1. The Labute approximate surface area is 130 Å². The molecule has 0 saturated heterocycles. The Bertz CT molecular complexity index is 447. The number of hydrogen-bond acceptors (Lipinski definition) is 4. The number of anilines is 1. The SMILES string of the molecule is COC(CN)CC(=O)NCc1ccc(NC(C)=O)cc1.Cl. The zero-order valence-corrected chi connectivity index (χ0v) is 13.0. The summed E-state index contributed by atoms with van der Waals surface area (Å²) in [5.41, 5.74) is 7.14. The fourth-order valence-corrected chi connectivity index (χ4v) is 1.65. The Kier molecular flexibility index (Phi) is 9.36. The third kappa shape index (κ3) is 7.65. The molecule has 0 aliphatic heterocycles. The summed E-state index contributed by atoms with van der Waals surface area (Å²) in [6.07, 6.45) is -0.00565. The molecule has 7 heteroatoms. The highest BCUT2D eigenvalue weighted by atomic mass is 35.5. The van der Waals surface area contributed by atoms with E-state index in [0.29, 0.717) is 13.1 Å². The van der Waals surface area contributed by atoms with Crippen molar-refractivity contribution >= 4 is 29.9 Å². The van der Waals surface area contributed by atoms with Crippen LogP contribution in [0, 0.1) is 0 Å². The van der Waals surface area contributed by atoms with Crippen LogP contribution < -0.4 is 16.4 Å². The topological polar surface area (TPSA) is 93.4 Å². The zero-order valence-electron chi connectivity index (χ0n) is 12.2. The number of carbonyl (C=O) groups is 2. The molecule has 1 rings (SSSR count). The van der Waals surface area contributed by atoms with Crippen LogP contribution in [-0.2, 0) is 20.9 Å². The van der Waals surface area contributed by atoms with Gasteiger partial charge in [-0.1, -0.05) is 12.1 Å². The van der Waals surface area contributed by atoms with Gasteiger partial charge in [-0.05, 0) is 17.7 Å². The van der Waals surface area contributed by atoms with Gasteiger partial charge in [0.25, 0.3) is 0 Å². The molecule has 2 amide bonds. The third-order valence-corrected chi connectivity index (χ3v) is 2.77. The highest BCUT2D eigenvalue weighted by molar-refractivity contribution is 5.88. The van der Waals surface area contributed by atoms with Crippen molar-refractivity contribution in [2.45, 2.75) is 26.0 Å². The van der Waals surface area contributed by atoms with Gasteiger partial charge < -0.3 is 21.1 Å². The van der Waals surface area contributed by atoms with Gasteiger partial charge in [-0.25, -0.2) is 0 Å². The van der Waals surface area contributed by atoms with Gasteiger partial charge in [-0.3, -0.25) is 9.59 Å². The summed E-state index contributed by atoms with van der Waals surface area (Å²) < 4.78 is 5.05. The molecule has 0 aliphatic carbocycles. The van der Waals surface area contributed by atoms with Crippen molar-refractivity contribution in [3.8, 4) is 0 Å². The molecule has 0 aromatic heterocycles. The molecule has 1 atom stereocenters. The number of halogens is 1. The summed E-state index contributed by atoms with van der Waals surface area (Å²) in [4.78, 5) is 22.5. The predicted octanol–water partition coefficient (Wildman–Crippen LogP) is 1.05. The number of ether oxygens (including phenoxy) is 1. The van der Waals surface area contributed by atoms with E-state index in [1.165, 1.54) is 14.0 Å². The molecule has 4 N–H and O–H groups in total. The normalized spacial score (nSPS) is 11.2. The number of nitrogens with one attached hydrogen (secondary N) is 2. The first-order chi connectivity index (χ1) is 9.55. The van der Waals surface area contributed by atoms with Gasteiger partial charge in [-0.15, -0.1) is 12.4 Å². The highest BCUT2D eigenvalue weighted by Gasteiger charge is 2.10. The largest absolute Gasteiger partial charge is 0.380 e. The van der Waals surface area contributed by atoms with E-state index >= 15 is 0 Å². The van der Waals surface area contributed by atoms with Crippen molar-refractivity contribution < 1.29 is 14.3 Å². The van der Waals surface area contributed by atoms with E-state index in [-0.39, 0.29) is 36.7 Å². The van der Waals surface area contributed by atoms with Crippen LogP contribution in [0.4, 0.5) is 5.69 Å². The number of hydrogen-bond donors (Lipinski definition) is 3. The lowest BCUT2D eigenvalue weighted by atomic mass is 10.2. The lowest BCUT2D eigenvalue weighted by Gasteiger charge is -2.12. The molecule has 0 bridgehead atoms. The maximum Gasteiger partial charge on any atom is 0.222 e. The summed E-state index contributed by atoms with van der Waals surface area (Å²) in [7, 11) is 1.53. The molecular weight excluding hydrogens is 294 g/mol. The van der Waals surface area contributed by atoms with Gasteiger partial charge in [0, 0.05) is 32.8 Å². The summed E-state index contributed by atoms with van der Waals surface area (Å²) in [5.74, 6) is -0.216. The van der Waals surface area contributed by atoms with Crippen LogP contribution in [0.2, 0.25) is 0 Å². The van der Waals surface area contributed by atoms with Crippen molar-refractivity contribution in [3.05, 3.63) is 29.8 Å². The van der Waals surface area contributed by atoms with Crippen LogP contribution in [-0.4, -0.2) is 31.6 Å². The van der Waals surface area contributed by atoms with Crippen molar-refractivity contribution in [3.63, 3.8) is 0 Å². The maximum atomic E-state index is 11.7. The summed E-state index contributed by atoms with van der Waals surface area (Å²) in [6, 6.07) is 7.28. The first-order valence-corrected chi connectivity index (χ1v) is 6.41. The van der Waals surface area contributed by atoms with Crippen molar-refractivity contribution in [2.75, 3.05) is 19.0 Å². The van der Waals surface area contributed by atoms with E-state index in [4.69, 9.17) is 10.5 Å². The monoisotopic (exact) mass is 315 g/mol. The van der Waals surface area contributed by atoms with Crippen LogP contribution in [0.5, 0.6) is 0 Å². The second-order valence-electron chi connectivity index (χ2n) is 4.45. The number of amides is 2. The highest BCUT2D eigenvalue weighted by Crippen LogP contribution is 2.09. The van der Waals surface area contributed by atoms with E-state index in [1.54, 1.807) is 12.1 Å². The van der Waals surface area contributed by atoms with Crippen LogP contribution in [0.1, 0.15) is 18.9 Å². The van der Waals surface area contributed by atoms with Crippen molar-refractivity contribution in [1.82, 2.24) is 5.32 Å². The first kappa shape index (κ1) is 19.4. The van der Waals surface area contributed by atoms with Gasteiger partial charge >= 0.3 is 0 Å². The standard InChI is InChI=1S/C14H21N3O3.ClH/c1-10(18)17-12-5-3-11(4-6-12)9-16-14(19)7-13(8-15)20-2;/h3-6,13H,7-9,15H2,1-2H3,(H,16,19)(H,17,18);1H. The molecule has 1 aromatic rings. The predicted molar refractivity (Wildman–Crippen MR) is 84.3 cm³/mol. The van der Waals surface area contributed by atoms with Crippen LogP contribution in [0.25, 0.3) is 0 Å². The number of rotatable bonds is 7. The lowest BCUT2D eigenvalue weighted by molar-refractivity contribution is -0.123. The first-order valence-electron chi connectivity index (χ1n) is 6.41. The van der Waals surface area contributed by atoms with Gasteiger partial charge in [0.05, 0.1) is 12.5 Å². The fourth-order valence-electron chi connectivity index (χ4n) is 1.65. The van der Waals surface area contributed by atoms with Gasteiger partial charge in [0.2, 0.25) is 11.8 Å². The Hall–Kier alpha value is -1.63. The second kappa shape index (κ2) is 10.1. The summed E-state index contributed by atoms with van der Waals surface area (Å²) in [6.45, 7) is 2.20. The van der Waals surface area contributed by atoms with E-state index in [2.05, 4.69) is 10.6 Å². The molecule has 0 heterocycles. The molecule has 0 spiro atoms. The van der Waals surface area contributed by atoms with E-state index in [9.17, 15) is 9.59 Å². The van der Waals surface area contributed by atoms with E-state index in [0.717, 1.165) is 11.3 Å². The van der Waals surface area contributed by atoms with Gasteiger partial charge in [0.1, 0.15) is 0 Å². The van der Waals surface area contributed by atoms with Crippen molar-refractivity contribution in [1.29, 1.82) is 0 Å². The number of benzene rings is 1. The Balaban J connectivity index is 0.00000400. The molecule has 1 aromatic carbocycles. The smallest absolute Gasteiger partial charge is 0.222 e. The lowest BCUT2D eigenvalue weighted by Crippen LogP contribution is -2.31. The minimum Gasteiger partial charge on any atom is -0.380 e. The molecule has 0 saturated carbocycles. The van der Waals surface area contributed by atoms with Gasteiger partial charge in [-0.2, -0.15) is 0 Å². The quantitative estimate of drug-likeness (QED) is 0.701. The molecule has 118 valence electrons. The van der Waals surface area contributed by atoms with Crippen LogP contribution >= 0.6 is 12.4 Å². The summed E-state index contributed by atoms with van der Waals surface area (Å²) >= 11 is 0. The molecular formula is C14H22ClN3O3. The van der Waals surface area contributed by atoms with Gasteiger partial charge in [0.15, 0.2) is 0 Å². The molecule has 0 fully saturated rings. The molecule has 1 unspecified atom stereocenters. The van der Waals surface area contributed by atoms with E-state index < -0.39 is 0 Å². The summed E-state index contributed by atoms with van der Waals surface area (Å²) in [5, 5.41) is 5.48. The number of carbonyl (C=O) groups excluding carboxylic acids is 2. The Morgan fingerprint density at radius 1 is 1.29 bits per heavy atom. The van der Waals surface area contributed by atoms with Crippen molar-refractivity contribution in [2.24, 2.45) is 5.73 Å². The van der Waals surface area contributed by atoms with E-state index in [1.807, 2.05) is 12.1 Å².